The van der Waals surface area contributed by atoms with Crippen LogP contribution in [-0.4, -0.2) is 53.6 Å². The van der Waals surface area contributed by atoms with Crippen molar-refractivity contribution in [2.45, 2.75) is 19.3 Å². The van der Waals surface area contributed by atoms with Gasteiger partial charge in [0.2, 0.25) is 0 Å². The molecule has 2 saturated carbocycles. The lowest BCUT2D eigenvalue weighted by molar-refractivity contribution is 0.0101. The van der Waals surface area contributed by atoms with Crippen molar-refractivity contribution in [2.75, 3.05) is 53.6 Å². The number of hydrogen-bond donors (Lipinski definition) is 2. The van der Waals surface area contributed by atoms with Crippen LogP contribution in [0.2, 0.25) is 0 Å². The zero-order valence-electron chi connectivity index (χ0n) is 14.8. The van der Waals surface area contributed by atoms with Crippen molar-refractivity contribution in [3.8, 4) is 0 Å². The van der Waals surface area contributed by atoms with E-state index in [4.69, 9.17) is 9.47 Å². The van der Waals surface area contributed by atoms with Crippen LogP contribution in [0.15, 0.2) is 0 Å². The highest BCUT2D eigenvalue weighted by atomic mass is 16.5. The average molecular weight is 322 g/mol. The molecule has 2 N–H and O–H groups in total. The summed E-state index contributed by atoms with van der Waals surface area (Å²) >= 11 is 0. The molecule has 2 saturated heterocycles. The SMILES string of the molecule is COCC1CC2CNCC2C(C2C(COC)CC3CNCC32)C1. The van der Waals surface area contributed by atoms with Gasteiger partial charge in [0.05, 0.1) is 0 Å². The highest BCUT2D eigenvalue weighted by molar-refractivity contribution is 5.04. The van der Waals surface area contributed by atoms with Gasteiger partial charge in [0.25, 0.3) is 0 Å². The lowest BCUT2D eigenvalue weighted by atomic mass is 9.61. The Morgan fingerprint density at radius 1 is 0.739 bits per heavy atom. The zero-order chi connectivity index (χ0) is 15.8. The maximum Gasteiger partial charge on any atom is 0.0493 e. The smallest absolute Gasteiger partial charge is 0.0493 e. The second-order valence-electron chi connectivity index (χ2n) is 8.65. The van der Waals surface area contributed by atoms with Gasteiger partial charge in [-0.3, -0.25) is 0 Å². The van der Waals surface area contributed by atoms with Gasteiger partial charge in [0.15, 0.2) is 0 Å². The summed E-state index contributed by atoms with van der Waals surface area (Å²) < 4.78 is 11.2. The van der Waals surface area contributed by atoms with E-state index in [0.29, 0.717) is 0 Å². The number of methoxy groups -OCH3 is 2. The quantitative estimate of drug-likeness (QED) is 0.807. The van der Waals surface area contributed by atoms with Gasteiger partial charge < -0.3 is 20.1 Å². The van der Waals surface area contributed by atoms with Gasteiger partial charge in [-0.25, -0.2) is 0 Å². The van der Waals surface area contributed by atoms with E-state index in [2.05, 4.69) is 10.6 Å². The van der Waals surface area contributed by atoms with Crippen molar-refractivity contribution in [1.82, 2.24) is 10.6 Å². The minimum atomic E-state index is 0.766. The molecule has 0 aromatic carbocycles. The summed E-state index contributed by atoms with van der Waals surface area (Å²) in [6, 6.07) is 0. The van der Waals surface area contributed by atoms with Crippen molar-refractivity contribution in [3.63, 3.8) is 0 Å². The van der Waals surface area contributed by atoms with E-state index < -0.39 is 0 Å². The Bertz CT molecular complexity index is 405. The maximum atomic E-state index is 5.64. The molecule has 2 aliphatic heterocycles. The Balaban J connectivity index is 1.56. The van der Waals surface area contributed by atoms with E-state index >= 15 is 0 Å². The van der Waals surface area contributed by atoms with Crippen LogP contribution in [0.1, 0.15) is 19.3 Å². The summed E-state index contributed by atoms with van der Waals surface area (Å²) in [6.07, 6.45) is 4.13. The van der Waals surface area contributed by atoms with Crippen LogP contribution in [0.25, 0.3) is 0 Å². The van der Waals surface area contributed by atoms with Gasteiger partial charge in [0, 0.05) is 27.4 Å². The molecule has 0 aromatic heterocycles. The second kappa shape index (κ2) is 6.99. The van der Waals surface area contributed by atoms with Gasteiger partial charge in [-0.05, 0) is 92.8 Å². The molecule has 4 heteroatoms. The van der Waals surface area contributed by atoms with Gasteiger partial charge in [0.1, 0.15) is 0 Å². The van der Waals surface area contributed by atoms with E-state index in [9.17, 15) is 0 Å². The van der Waals surface area contributed by atoms with E-state index in [1.54, 1.807) is 0 Å². The van der Waals surface area contributed by atoms with E-state index in [1.165, 1.54) is 45.4 Å². The van der Waals surface area contributed by atoms with Crippen LogP contribution >= 0.6 is 0 Å². The number of ether oxygens (including phenoxy) is 2. The molecule has 2 aliphatic carbocycles. The molecule has 4 aliphatic rings. The van der Waals surface area contributed by atoms with Crippen molar-refractivity contribution in [3.05, 3.63) is 0 Å². The van der Waals surface area contributed by atoms with Gasteiger partial charge in [-0.15, -0.1) is 0 Å². The summed E-state index contributed by atoms with van der Waals surface area (Å²) in [5.74, 6) is 6.85. The van der Waals surface area contributed by atoms with Crippen LogP contribution < -0.4 is 10.6 Å². The molecule has 4 rings (SSSR count). The lowest BCUT2D eigenvalue weighted by Crippen LogP contribution is -2.42. The first-order chi connectivity index (χ1) is 11.3. The second-order valence-corrected chi connectivity index (χ2v) is 8.65. The summed E-state index contributed by atoms with van der Waals surface area (Å²) in [5.41, 5.74) is 0. The first-order valence-electron chi connectivity index (χ1n) is 9.71. The molecule has 0 amide bonds. The fourth-order valence-corrected chi connectivity index (χ4v) is 6.83. The molecule has 0 radical (unpaired) electrons. The summed E-state index contributed by atoms with van der Waals surface area (Å²) in [6.45, 7) is 6.88. The van der Waals surface area contributed by atoms with Crippen molar-refractivity contribution in [2.24, 2.45) is 47.3 Å². The molecular weight excluding hydrogens is 288 g/mol. The van der Waals surface area contributed by atoms with E-state index in [-0.39, 0.29) is 0 Å². The summed E-state index contributed by atoms with van der Waals surface area (Å²) in [7, 11) is 3.76. The van der Waals surface area contributed by atoms with E-state index in [1.807, 2.05) is 14.2 Å². The molecule has 2 heterocycles. The minimum Gasteiger partial charge on any atom is -0.384 e. The molecule has 0 bridgehead atoms. The standard InChI is InChI=1S/C19H34N2O2/c1-22-10-12-3-13-6-20-8-17(13)16(4-12)19-15(11-23-2)5-14-7-21-9-18(14)19/h12-21H,3-11H2,1-2H3. The third-order valence-corrected chi connectivity index (χ3v) is 7.50. The molecule has 8 atom stereocenters. The predicted octanol–water partition coefficient (Wildman–Crippen LogP) is 1.61. The molecule has 23 heavy (non-hydrogen) atoms. The van der Waals surface area contributed by atoms with Crippen LogP contribution in [0.3, 0.4) is 0 Å². The predicted molar refractivity (Wildman–Crippen MR) is 91.3 cm³/mol. The number of rotatable bonds is 5. The highest BCUT2D eigenvalue weighted by Gasteiger charge is 2.53. The fourth-order valence-electron chi connectivity index (χ4n) is 6.83. The monoisotopic (exact) mass is 322 g/mol. The molecule has 4 fully saturated rings. The third-order valence-electron chi connectivity index (χ3n) is 7.50. The summed E-state index contributed by atoms with van der Waals surface area (Å²) in [5, 5.41) is 7.37. The Kier molecular flexibility index (Phi) is 4.96. The largest absolute Gasteiger partial charge is 0.384 e. The number of fused-ring (bicyclic) bond motifs is 2. The molecule has 132 valence electrons. The van der Waals surface area contributed by atoms with Crippen LogP contribution in [0, 0.1) is 47.3 Å². The molecule has 0 spiro atoms. The van der Waals surface area contributed by atoms with E-state index in [0.717, 1.165) is 60.6 Å². The van der Waals surface area contributed by atoms with Gasteiger partial charge >= 0.3 is 0 Å². The Labute approximate surface area is 141 Å². The molecule has 0 aromatic rings. The van der Waals surface area contributed by atoms with Crippen LogP contribution in [0.5, 0.6) is 0 Å². The fraction of sp³-hybridized carbons (Fsp3) is 1.00. The zero-order valence-corrected chi connectivity index (χ0v) is 14.8. The average Bonchev–Trinajstić information content (AvgIpc) is 3.22. The first kappa shape index (κ1) is 16.3. The normalized spacial score (nSPS) is 49.3. The molecule has 8 unspecified atom stereocenters. The van der Waals surface area contributed by atoms with Crippen molar-refractivity contribution in [1.29, 1.82) is 0 Å². The third kappa shape index (κ3) is 2.97. The molecular formula is C19H34N2O2. The van der Waals surface area contributed by atoms with Crippen LogP contribution in [0.4, 0.5) is 0 Å². The Morgan fingerprint density at radius 3 is 2.17 bits per heavy atom. The van der Waals surface area contributed by atoms with Gasteiger partial charge in [-0.1, -0.05) is 0 Å². The van der Waals surface area contributed by atoms with Crippen molar-refractivity contribution < 1.29 is 9.47 Å². The summed E-state index contributed by atoms with van der Waals surface area (Å²) in [4.78, 5) is 0. The minimum absolute atomic E-state index is 0.766. The lowest BCUT2D eigenvalue weighted by Gasteiger charge is -2.44. The Hall–Kier alpha value is -0.160. The number of nitrogens with one attached hydrogen (secondary N) is 2. The Morgan fingerprint density at radius 2 is 1.43 bits per heavy atom. The maximum absolute atomic E-state index is 5.64. The topological polar surface area (TPSA) is 42.5 Å². The highest BCUT2D eigenvalue weighted by Crippen LogP contribution is 2.54. The molecule has 4 nitrogen and oxygen atoms in total. The van der Waals surface area contributed by atoms with Crippen molar-refractivity contribution >= 4 is 0 Å². The number of hydrogen-bond acceptors (Lipinski definition) is 4. The van der Waals surface area contributed by atoms with Gasteiger partial charge in [-0.2, -0.15) is 0 Å². The van der Waals surface area contributed by atoms with Crippen LogP contribution in [-0.2, 0) is 9.47 Å². The first-order valence-corrected chi connectivity index (χ1v) is 9.71.